The number of nitrogens with one attached hydrogen (secondary N) is 1. The van der Waals surface area contributed by atoms with Gasteiger partial charge < -0.3 is 16.0 Å². The van der Waals surface area contributed by atoms with Crippen molar-refractivity contribution in [2.24, 2.45) is 11.7 Å². The number of carbonyl (C=O) groups is 1. The second-order valence-electron chi connectivity index (χ2n) is 9.47. The molecule has 3 N–H and O–H groups in total. The predicted molar refractivity (Wildman–Crippen MR) is 134 cm³/mol. The smallest absolute Gasteiger partial charge is 0.253 e. The van der Waals surface area contributed by atoms with Crippen LogP contribution in [0.1, 0.15) is 43.2 Å². The van der Waals surface area contributed by atoms with Crippen molar-refractivity contribution in [2.45, 2.75) is 49.1 Å². The van der Waals surface area contributed by atoms with Crippen molar-refractivity contribution in [3.8, 4) is 0 Å². The minimum absolute atomic E-state index is 0.106. The Morgan fingerprint density at radius 2 is 1.94 bits per heavy atom. The summed E-state index contributed by atoms with van der Waals surface area (Å²) in [7, 11) is -4.15. The van der Waals surface area contributed by atoms with E-state index in [1.807, 2.05) is 36.9 Å². The Kier molecular flexibility index (Phi) is 6.75. The molecule has 3 aromatic rings. The first kappa shape index (κ1) is 24.6. The van der Waals surface area contributed by atoms with Crippen molar-refractivity contribution in [3.05, 3.63) is 66.1 Å². The van der Waals surface area contributed by atoms with Gasteiger partial charge >= 0.3 is 0 Å². The third-order valence-corrected chi connectivity index (χ3v) is 7.87. The summed E-state index contributed by atoms with van der Waals surface area (Å²) in [5, 5.41) is 2.97. The lowest BCUT2D eigenvalue weighted by molar-refractivity contribution is 0.0997. The van der Waals surface area contributed by atoms with E-state index in [2.05, 4.69) is 27.2 Å². The topological polar surface area (TPSA) is 131 Å². The molecule has 0 saturated carbocycles. The van der Waals surface area contributed by atoms with Crippen LogP contribution < -0.4 is 16.0 Å². The highest BCUT2D eigenvalue weighted by Crippen LogP contribution is 2.39. The van der Waals surface area contributed by atoms with E-state index in [0.29, 0.717) is 31.2 Å². The van der Waals surface area contributed by atoms with Gasteiger partial charge in [0.15, 0.2) is 5.03 Å². The van der Waals surface area contributed by atoms with E-state index in [-0.39, 0.29) is 26.8 Å². The van der Waals surface area contributed by atoms with Gasteiger partial charge in [0.05, 0.1) is 4.90 Å². The molecule has 1 atom stereocenters. The molecule has 9 nitrogen and oxygen atoms in total. The molecule has 4 heterocycles. The van der Waals surface area contributed by atoms with Crippen molar-refractivity contribution in [2.75, 3.05) is 23.3 Å². The van der Waals surface area contributed by atoms with Gasteiger partial charge in [-0.1, -0.05) is 19.1 Å². The molecule has 1 aliphatic heterocycles. The van der Waals surface area contributed by atoms with Crippen LogP contribution in [-0.2, 0) is 16.3 Å². The Hall–Kier alpha value is -3.53. The Morgan fingerprint density at radius 3 is 2.60 bits per heavy atom. The number of pyridine rings is 3. The summed E-state index contributed by atoms with van der Waals surface area (Å²) in [6.45, 7) is 7.39. The fourth-order valence-electron chi connectivity index (χ4n) is 4.69. The quantitative estimate of drug-likeness (QED) is 0.488. The number of anilines is 2. The number of sulfone groups is 1. The molecule has 0 bridgehead atoms. The summed E-state index contributed by atoms with van der Waals surface area (Å²) in [4.78, 5) is 27.3. The van der Waals surface area contributed by atoms with E-state index in [1.54, 1.807) is 18.3 Å². The van der Waals surface area contributed by atoms with Crippen molar-refractivity contribution in [1.29, 1.82) is 0 Å². The number of nitrogens with two attached hydrogens (primary N) is 1. The highest BCUT2D eigenvalue weighted by Gasteiger charge is 2.40. The molecule has 35 heavy (non-hydrogen) atoms. The molecule has 1 fully saturated rings. The lowest BCUT2D eigenvalue weighted by Crippen LogP contribution is -2.40. The van der Waals surface area contributed by atoms with E-state index in [1.165, 1.54) is 18.3 Å². The highest BCUT2D eigenvalue weighted by atomic mass is 32.2. The largest absolute Gasteiger partial charge is 0.370 e. The van der Waals surface area contributed by atoms with Gasteiger partial charge in [0, 0.05) is 43.1 Å². The maximum Gasteiger partial charge on any atom is 0.253 e. The van der Waals surface area contributed by atoms with Gasteiger partial charge in [-0.05, 0) is 56.5 Å². The van der Waals surface area contributed by atoms with Crippen LogP contribution in [0.5, 0.6) is 0 Å². The first-order valence-electron chi connectivity index (χ1n) is 11.5. The second-order valence-corrected chi connectivity index (χ2v) is 11.3. The summed E-state index contributed by atoms with van der Waals surface area (Å²) < 4.78 is 27.3. The van der Waals surface area contributed by atoms with Crippen LogP contribution in [0.15, 0.2) is 64.8 Å². The minimum Gasteiger partial charge on any atom is -0.370 e. The molecule has 184 valence electrons. The number of carbonyl (C=O) groups excluding carboxylic acids is 1. The molecule has 1 unspecified atom stereocenters. The van der Waals surface area contributed by atoms with Crippen LogP contribution in [0.4, 0.5) is 11.6 Å². The maximum absolute atomic E-state index is 13.6. The molecular weight excluding hydrogens is 464 g/mol. The molecule has 1 amide bonds. The first-order valence-corrected chi connectivity index (χ1v) is 13.0. The Balaban J connectivity index is 1.66. The van der Waals surface area contributed by atoms with Gasteiger partial charge in [0.25, 0.3) is 5.91 Å². The predicted octanol–water partition coefficient (Wildman–Crippen LogP) is 3.08. The molecule has 10 heteroatoms. The number of hydrogen-bond acceptors (Lipinski definition) is 8. The average molecular weight is 495 g/mol. The van der Waals surface area contributed by atoms with Gasteiger partial charge in [-0.25, -0.2) is 18.4 Å². The van der Waals surface area contributed by atoms with Crippen LogP contribution >= 0.6 is 0 Å². The fraction of sp³-hybridized carbons (Fsp3) is 0.360. The van der Waals surface area contributed by atoms with Crippen LogP contribution in [0, 0.1) is 5.92 Å². The number of rotatable bonds is 8. The zero-order valence-corrected chi connectivity index (χ0v) is 20.9. The molecule has 4 rings (SSSR count). The standard InChI is InChI=1S/C25H30N6O3S/c1-17-15-25(2,3)31(16-17)24-22(23(26)32)19(11-14-29-24)35(33,34)21-9-6-8-20(30-21)28-13-10-18-7-4-5-12-27-18/h4-9,11-12,14,17H,10,13,15-16H2,1-3H3,(H2,26,32)(H,28,30). The number of nitrogens with zero attached hydrogens (tertiary/aromatic N) is 4. The summed E-state index contributed by atoms with van der Waals surface area (Å²) in [6.07, 6.45) is 4.67. The molecule has 3 aromatic heterocycles. The Labute approximate surface area is 205 Å². The van der Waals surface area contributed by atoms with Crippen LogP contribution in [-0.4, -0.2) is 47.9 Å². The maximum atomic E-state index is 13.6. The Bertz CT molecular complexity index is 1330. The summed E-state index contributed by atoms with van der Waals surface area (Å²) in [5.74, 6) is 0.221. The van der Waals surface area contributed by atoms with E-state index in [4.69, 9.17) is 5.73 Å². The molecular formula is C25H30N6O3S. The van der Waals surface area contributed by atoms with Gasteiger partial charge in [0.2, 0.25) is 9.84 Å². The summed E-state index contributed by atoms with van der Waals surface area (Å²) in [6, 6.07) is 11.7. The zero-order valence-electron chi connectivity index (χ0n) is 20.1. The number of aromatic nitrogens is 3. The fourth-order valence-corrected chi connectivity index (χ4v) is 6.10. The third-order valence-electron chi connectivity index (χ3n) is 6.17. The minimum atomic E-state index is -4.15. The number of hydrogen-bond donors (Lipinski definition) is 2. The van der Waals surface area contributed by atoms with Crippen LogP contribution in [0.3, 0.4) is 0 Å². The summed E-state index contributed by atoms with van der Waals surface area (Å²) in [5.41, 5.74) is 6.23. The molecule has 0 aromatic carbocycles. The van der Waals surface area contributed by atoms with Crippen LogP contribution in [0.25, 0.3) is 0 Å². The molecule has 0 aliphatic carbocycles. The lowest BCUT2D eigenvalue weighted by Gasteiger charge is -2.33. The molecule has 1 aliphatic rings. The first-order chi connectivity index (χ1) is 16.6. The third kappa shape index (κ3) is 5.12. The van der Waals surface area contributed by atoms with Gasteiger partial charge in [-0.3, -0.25) is 9.78 Å². The molecule has 1 saturated heterocycles. The summed E-state index contributed by atoms with van der Waals surface area (Å²) >= 11 is 0. The molecule has 0 spiro atoms. The van der Waals surface area contributed by atoms with Crippen molar-refractivity contribution >= 4 is 27.4 Å². The van der Waals surface area contributed by atoms with Gasteiger partial charge in [-0.15, -0.1) is 0 Å². The van der Waals surface area contributed by atoms with Crippen molar-refractivity contribution in [1.82, 2.24) is 15.0 Å². The molecule has 0 radical (unpaired) electrons. The number of amides is 1. The van der Waals surface area contributed by atoms with Crippen molar-refractivity contribution < 1.29 is 13.2 Å². The Morgan fingerprint density at radius 1 is 1.14 bits per heavy atom. The van der Waals surface area contributed by atoms with Crippen LogP contribution in [0.2, 0.25) is 0 Å². The average Bonchev–Trinajstić information content (AvgIpc) is 3.11. The monoisotopic (exact) mass is 494 g/mol. The second kappa shape index (κ2) is 9.61. The number of primary amides is 1. The zero-order chi connectivity index (χ0) is 25.2. The van der Waals surface area contributed by atoms with E-state index >= 15 is 0 Å². The van der Waals surface area contributed by atoms with E-state index in [0.717, 1.165) is 12.1 Å². The van der Waals surface area contributed by atoms with Gasteiger partial charge in [0.1, 0.15) is 17.2 Å². The normalized spacial score (nSPS) is 17.3. The van der Waals surface area contributed by atoms with E-state index in [9.17, 15) is 13.2 Å². The highest BCUT2D eigenvalue weighted by molar-refractivity contribution is 7.91. The SMILES string of the molecule is CC1CN(c2nccc(S(=O)(=O)c3cccc(NCCc4ccccn4)n3)c2C(N)=O)C(C)(C)C1. The van der Waals surface area contributed by atoms with E-state index < -0.39 is 15.7 Å². The van der Waals surface area contributed by atoms with Crippen molar-refractivity contribution in [3.63, 3.8) is 0 Å². The lowest BCUT2D eigenvalue weighted by atomic mass is 9.97. The van der Waals surface area contributed by atoms with Gasteiger partial charge in [-0.2, -0.15) is 0 Å².